The Morgan fingerprint density at radius 2 is 2.13 bits per heavy atom. The summed E-state index contributed by atoms with van der Waals surface area (Å²) in [4.78, 5) is 4.50. The van der Waals surface area contributed by atoms with E-state index in [0.717, 1.165) is 12.8 Å². The zero-order valence-electron chi connectivity index (χ0n) is 12.3. The molecule has 1 aliphatic rings. The fourth-order valence-electron chi connectivity index (χ4n) is 2.50. The largest absolute Gasteiger partial charge is 0.440 e. The van der Waals surface area contributed by atoms with E-state index in [1.54, 1.807) is 19.1 Å². The van der Waals surface area contributed by atoms with Crippen LogP contribution in [0.2, 0.25) is 0 Å². The Labute approximate surface area is 131 Å². The third-order valence-corrected chi connectivity index (χ3v) is 3.88. The highest BCUT2D eigenvalue weighted by Gasteiger charge is 2.34. The summed E-state index contributed by atoms with van der Waals surface area (Å²) in [6.07, 6.45) is 2.04. The average molecular weight is 309 g/mol. The van der Waals surface area contributed by atoms with Gasteiger partial charge in [-0.3, -0.25) is 0 Å². The second kappa shape index (κ2) is 5.02. The van der Waals surface area contributed by atoms with Crippen molar-refractivity contribution in [2.45, 2.75) is 25.7 Å². The first-order valence-corrected chi connectivity index (χ1v) is 7.26. The highest BCUT2D eigenvalue weighted by Crippen LogP contribution is 2.45. The summed E-state index contributed by atoms with van der Waals surface area (Å²) < 4.78 is 19.4. The molecule has 0 unspecified atom stereocenters. The van der Waals surface area contributed by atoms with Crippen LogP contribution >= 0.6 is 0 Å². The molecular weight excluding hydrogens is 297 g/mol. The second-order valence-electron chi connectivity index (χ2n) is 5.60. The maximum atomic E-state index is 13.4. The first-order valence-electron chi connectivity index (χ1n) is 7.26. The molecule has 7 heteroatoms. The number of H-pyrrole nitrogens is 1. The molecule has 1 saturated carbocycles. The summed E-state index contributed by atoms with van der Waals surface area (Å²) in [7, 11) is 0. The molecule has 1 aliphatic carbocycles. The molecule has 1 fully saturated rings. The number of aryl methyl sites for hydroxylation is 1. The van der Waals surface area contributed by atoms with E-state index in [1.807, 2.05) is 6.07 Å². The minimum absolute atomic E-state index is 0.182. The maximum Gasteiger partial charge on any atom is 0.226 e. The van der Waals surface area contributed by atoms with Gasteiger partial charge in [0.05, 0.1) is 0 Å². The van der Waals surface area contributed by atoms with Gasteiger partial charge in [0.25, 0.3) is 0 Å². The molecule has 0 spiro atoms. The second-order valence-corrected chi connectivity index (χ2v) is 5.60. The van der Waals surface area contributed by atoms with E-state index in [1.165, 1.54) is 6.07 Å². The van der Waals surface area contributed by atoms with Gasteiger partial charge in [-0.1, -0.05) is 0 Å². The molecule has 4 rings (SSSR count). The molecule has 2 heterocycles. The number of nitriles is 1. The van der Waals surface area contributed by atoms with E-state index in [0.29, 0.717) is 34.2 Å². The zero-order chi connectivity index (χ0) is 16.0. The number of nitrogens with one attached hydrogen (secondary N) is 1. The van der Waals surface area contributed by atoms with Crippen LogP contribution in [0.3, 0.4) is 0 Å². The highest BCUT2D eigenvalue weighted by molar-refractivity contribution is 5.67. The third kappa shape index (κ3) is 2.28. The Hall–Kier alpha value is -3.01. The van der Waals surface area contributed by atoms with Crippen molar-refractivity contribution < 1.29 is 8.81 Å². The lowest BCUT2D eigenvalue weighted by Crippen LogP contribution is -1.88. The Bertz CT molecular complexity index is 932. The number of hydrogen-bond donors (Lipinski definition) is 1. The fraction of sp³-hybridized carbons (Fsp3) is 0.250. The van der Waals surface area contributed by atoms with Gasteiger partial charge in [0, 0.05) is 11.5 Å². The Balaban J connectivity index is 1.86. The van der Waals surface area contributed by atoms with Gasteiger partial charge in [0.15, 0.2) is 11.4 Å². The van der Waals surface area contributed by atoms with Gasteiger partial charge in [0.1, 0.15) is 23.3 Å². The fourth-order valence-corrected chi connectivity index (χ4v) is 2.50. The number of nitrogens with zero attached hydrogens (tertiary/aromatic N) is 4. The Morgan fingerprint density at radius 3 is 2.83 bits per heavy atom. The SMILES string of the molecule is Cc1cc(-c2nc(-c3n[nH]nc3C#N)c(C3CC3)o2)ccc1F. The molecule has 1 aromatic carbocycles. The molecule has 0 radical (unpaired) electrons. The van der Waals surface area contributed by atoms with E-state index in [-0.39, 0.29) is 17.4 Å². The first-order chi connectivity index (χ1) is 11.2. The lowest BCUT2D eigenvalue weighted by atomic mass is 10.1. The third-order valence-electron chi connectivity index (χ3n) is 3.88. The topological polar surface area (TPSA) is 91.4 Å². The van der Waals surface area contributed by atoms with E-state index in [2.05, 4.69) is 20.4 Å². The van der Waals surface area contributed by atoms with Crippen molar-refractivity contribution in [3.63, 3.8) is 0 Å². The van der Waals surface area contributed by atoms with Gasteiger partial charge >= 0.3 is 0 Å². The first kappa shape index (κ1) is 13.6. The van der Waals surface area contributed by atoms with Crippen LogP contribution in [-0.2, 0) is 0 Å². The van der Waals surface area contributed by atoms with E-state index >= 15 is 0 Å². The quantitative estimate of drug-likeness (QED) is 0.801. The normalized spacial score (nSPS) is 14.0. The van der Waals surface area contributed by atoms with Crippen molar-refractivity contribution in [3.05, 3.63) is 41.0 Å². The van der Waals surface area contributed by atoms with Gasteiger partial charge in [-0.25, -0.2) is 9.37 Å². The zero-order valence-corrected chi connectivity index (χ0v) is 12.3. The molecule has 6 nitrogen and oxygen atoms in total. The minimum atomic E-state index is -0.272. The number of aromatic nitrogens is 4. The number of oxazole rings is 1. The Morgan fingerprint density at radius 1 is 1.30 bits per heavy atom. The molecule has 3 aromatic rings. The predicted molar refractivity (Wildman–Crippen MR) is 78.7 cm³/mol. The smallest absolute Gasteiger partial charge is 0.226 e. The summed E-state index contributed by atoms with van der Waals surface area (Å²) in [5.74, 6) is 1.13. The lowest BCUT2D eigenvalue weighted by molar-refractivity contribution is 0.521. The van der Waals surface area contributed by atoms with Crippen molar-refractivity contribution in [2.75, 3.05) is 0 Å². The molecule has 1 N–H and O–H groups in total. The average Bonchev–Trinajstić information content (AvgIpc) is 3.12. The van der Waals surface area contributed by atoms with Crippen LogP contribution < -0.4 is 0 Å². The van der Waals surface area contributed by atoms with Crippen LogP contribution in [0, 0.1) is 24.1 Å². The van der Waals surface area contributed by atoms with Gasteiger partial charge < -0.3 is 4.42 Å². The van der Waals surface area contributed by atoms with Gasteiger partial charge in [-0.2, -0.15) is 15.6 Å². The predicted octanol–water partition coefficient (Wildman–Crippen LogP) is 3.32. The van der Waals surface area contributed by atoms with Crippen molar-refractivity contribution in [2.24, 2.45) is 0 Å². The van der Waals surface area contributed by atoms with Crippen LogP contribution in [0.1, 0.15) is 35.8 Å². The van der Waals surface area contributed by atoms with E-state index in [9.17, 15) is 4.39 Å². The molecular formula is C16H12FN5O. The van der Waals surface area contributed by atoms with Crippen LogP contribution in [-0.4, -0.2) is 20.4 Å². The summed E-state index contributed by atoms with van der Waals surface area (Å²) >= 11 is 0. The monoisotopic (exact) mass is 309 g/mol. The van der Waals surface area contributed by atoms with Gasteiger partial charge in [-0.15, -0.1) is 5.10 Å². The molecule has 2 aromatic heterocycles. The van der Waals surface area contributed by atoms with Crippen molar-refractivity contribution in [3.8, 4) is 28.9 Å². The minimum Gasteiger partial charge on any atom is -0.440 e. The maximum absolute atomic E-state index is 13.4. The van der Waals surface area contributed by atoms with E-state index < -0.39 is 0 Å². The molecule has 0 saturated heterocycles. The number of halogens is 1. The molecule has 0 bridgehead atoms. The number of benzene rings is 1. The van der Waals surface area contributed by atoms with E-state index in [4.69, 9.17) is 9.68 Å². The van der Waals surface area contributed by atoms with Crippen molar-refractivity contribution in [1.29, 1.82) is 5.26 Å². The standard InChI is InChI=1S/C16H12FN5O/c1-8-6-10(4-5-11(8)17)16-19-14(15(23-16)9-2-3-9)13-12(7-18)20-22-21-13/h4-6,9H,2-3H2,1H3,(H,20,21,22). The van der Waals surface area contributed by atoms with Crippen LogP contribution in [0.25, 0.3) is 22.8 Å². The molecule has 114 valence electrons. The summed E-state index contributed by atoms with van der Waals surface area (Å²) in [6.45, 7) is 1.69. The van der Waals surface area contributed by atoms with Gasteiger partial charge in [-0.05, 0) is 43.5 Å². The van der Waals surface area contributed by atoms with Crippen molar-refractivity contribution >= 4 is 0 Å². The highest BCUT2D eigenvalue weighted by atomic mass is 19.1. The number of hydrogen-bond acceptors (Lipinski definition) is 5. The molecule has 0 atom stereocenters. The molecule has 0 aliphatic heterocycles. The number of aromatic amines is 1. The van der Waals surface area contributed by atoms with Crippen molar-refractivity contribution in [1.82, 2.24) is 20.4 Å². The van der Waals surface area contributed by atoms with Gasteiger partial charge in [0.2, 0.25) is 5.89 Å². The van der Waals surface area contributed by atoms with Crippen LogP contribution in [0.15, 0.2) is 22.6 Å². The van der Waals surface area contributed by atoms with Crippen LogP contribution in [0.4, 0.5) is 4.39 Å². The summed E-state index contributed by atoms with van der Waals surface area (Å²) in [6, 6.07) is 6.70. The summed E-state index contributed by atoms with van der Waals surface area (Å²) in [5.41, 5.74) is 2.33. The molecule has 0 amide bonds. The lowest BCUT2D eigenvalue weighted by Gasteiger charge is -1.99. The number of rotatable bonds is 3. The molecule has 23 heavy (non-hydrogen) atoms. The van der Waals surface area contributed by atoms with Crippen LogP contribution in [0.5, 0.6) is 0 Å². The Kier molecular flexibility index (Phi) is 2.98. The summed E-state index contributed by atoms with van der Waals surface area (Å²) in [5, 5.41) is 19.4.